The van der Waals surface area contributed by atoms with Gasteiger partial charge in [-0.25, -0.2) is 9.59 Å². The van der Waals surface area contributed by atoms with Gasteiger partial charge in [0.2, 0.25) is 0 Å². The second kappa shape index (κ2) is 9.74. The van der Waals surface area contributed by atoms with Crippen LogP contribution in [0, 0.1) is 0 Å². The van der Waals surface area contributed by atoms with E-state index in [1.54, 1.807) is 15.7 Å². The minimum Gasteiger partial charge on any atom is -0.445 e. The van der Waals surface area contributed by atoms with Crippen LogP contribution in [0.5, 0.6) is 0 Å². The Morgan fingerprint density at radius 3 is 2.43 bits per heavy atom. The molecule has 8 nitrogen and oxygen atoms in total. The van der Waals surface area contributed by atoms with Gasteiger partial charge in [-0.2, -0.15) is 0 Å². The molecule has 2 aromatic heterocycles. The standard InChI is InChI=1S/C28H24BrN5O3/c29-20-6-11-24-23(16-20)26-25(17-30-24)31-27(35)34(26)22-9-7-21(8-10-22)32-12-14-33(15-13-32)28(36)37-18-19-4-2-1-3-5-19/h1-11,16-17H,12-15,18H2,(H,31,35). The fourth-order valence-electron chi connectivity index (χ4n) is 4.77. The van der Waals surface area contributed by atoms with Crippen LogP contribution in [0.3, 0.4) is 0 Å². The molecule has 1 aliphatic rings. The summed E-state index contributed by atoms with van der Waals surface area (Å²) in [5.74, 6) is 0. The van der Waals surface area contributed by atoms with Crippen molar-refractivity contribution in [2.45, 2.75) is 6.61 Å². The Morgan fingerprint density at radius 1 is 0.946 bits per heavy atom. The van der Waals surface area contributed by atoms with Crippen molar-refractivity contribution in [3.63, 3.8) is 0 Å². The summed E-state index contributed by atoms with van der Waals surface area (Å²) in [5, 5.41) is 0.893. The molecule has 1 aliphatic heterocycles. The molecule has 1 N–H and O–H groups in total. The Bertz CT molecular complexity index is 1640. The Morgan fingerprint density at radius 2 is 1.68 bits per heavy atom. The van der Waals surface area contributed by atoms with Gasteiger partial charge in [0.05, 0.1) is 28.4 Å². The fraction of sp³-hybridized carbons (Fsp3) is 0.179. The predicted molar refractivity (Wildman–Crippen MR) is 147 cm³/mol. The van der Waals surface area contributed by atoms with Crippen LogP contribution in [-0.4, -0.2) is 51.7 Å². The number of hydrogen-bond acceptors (Lipinski definition) is 5. The van der Waals surface area contributed by atoms with Gasteiger partial charge in [-0.1, -0.05) is 46.3 Å². The number of piperazine rings is 1. The zero-order valence-electron chi connectivity index (χ0n) is 19.9. The minimum absolute atomic E-state index is 0.209. The number of imidazole rings is 1. The molecule has 1 fully saturated rings. The highest BCUT2D eigenvalue weighted by atomic mass is 79.9. The zero-order valence-corrected chi connectivity index (χ0v) is 21.5. The second-order valence-electron chi connectivity index (χ2n) is 8.98. The van der Waals surface area contributed by atoms with E-state index in [4.69, 9.17) is 4.74 Å². The number of pyridine rings is 1. The number of H-pyrrole nitrogens is 1. The van der Waals surface area contributed by atoms with E-state index in [1.165, 1.54) is 0 Å². The van der Waals surface area contributed by atoms with Crippen LogP contribution in [0.25, 0.3) is 27.6 Å². The number of carbonyl (C=O) groups is 1. The van der Waals surface area contributed by atoms with E-state index in [0.717, 1.165) is 37.8 Å². The van der Waals surface area contributed by atoms with E-state index in [2.05, 4.69) is 30.8 Å². The lowest BCUT2D eigenvalue weighted by molar-refractivity contribution is 0.0942. The minimum atomic E-state index is -0.286. The van der Waals surface area contributed by atoms with E-state index >= 15 is 0 Å². The van der Waals surface area contributed by atoms with Crippen molar-refractivity contribution >= 4 is 49.6 Å². The lowest BCUT2D eigenvalue weighted by Crippen LogP contribution is -2.48. The molecule has 37 heavy (non-hydrogen) atoms. The summed E-state index contributed by atoms with van der Waals surface area (Å²) in [6, 6.07) is 23.5. The Labute approximate surface area is 221 Å². The van der Waals surface area contributed by atoms with Gasteiger partial charge in [-0.15, -0.1) is 0 Å². The number of halogens is 1. The van der Waals surface area contributed by atoms with E-state index in [-0.39, 0.29) is 18.4 Å². The number of aromatic amines is 1. The maximum Gasteiger partial charge on any atom is 0.410 e. The summed E-state index contributed by atoms with van der Waals surface area (Å²) in [5.41, 5.74) is 4.89. The largest absolute Gasteiger partial charge is 0.445 e. The summed E-state index contributed by atoms with van der Waals surface area (Å²) >= 11 is 3.53. The molecule has 6 rings (SSSR count). The monoisotopic (exact) mass is 557 g/mol. The molecule has 0 unspecified atom stereocenters. The van der Waals surface area contributed by atoms with Gasteiger partial charge in [0.1, 0.15) is 6.61 Å². The van der Waals surface area contributed by atoms with E-state index in [0.29, 0.717) is 31.7 Å². The molecule has 0 atom stereocenters. The highest BCUT2D eigenvalue weighted by molar-refractivity contribution is 9.10. The lowest BCUT2D eigenvalue weighted by Gasteiger charge is -2.35. The normalized spacial score (nSPS) is 13.9. The van der Waals surface area contributed by atoms with Gasteiger partial charge in [0, 0.05) is 41.7 Å². The fourth-order valence-corrected chi connectivity index (χ4v) is 5.13. The molecule has 9 heteroatoms. The van der Waals surface area contributed by atoms with Gasteiger partial charge in [-0.05, 0) is 48.0 Å². The number of aromatic nitrogens is 3. The van der Waals surface area contributed by atoms with Crippen LogP contribution in [0.4, 0.5) is 10.5 Å². The van der Waals surface area contributed by atoms with E-state index in [1.807, 2.05) is 72.8 Å². The number of ether oxygens (including phenoxy) is 1. The first-order valence-corrected chi connectivity index (χ1v) is 12.9. The Kier molecular flexibility index (Phi) is 6.13. The molecular formula is C28H24BrN5O3. The van der Waals surface area contributed by atoms with E-state index in [9.17, 15) is 9.59 Å². The third-order valence-electron chi connectivity index (χ3n) is 6.69. The van der Waals surface area contributed by atoms with Crippen LogP contribution >= 0.6 is 15.9 Å². The smallest absolute Gasteiger partial charge is 0.410 e. The van der Waals surface area contributed by atoms with Crippen LogP contribution in [0.1, 0.15) is 5.56 Å². The van der Waals surface area contributed by atoms with Gasteiger partial charge in [0.25, 0.3) is 0 Å². The molecule has 0 saturated carbocycles. The summed E-state index contributed by atoms with van der Waals surface area (Å²) < 4.78 is 8.09. The SMILES string of the molecule is O=C(OCc1ccccc1)N1CCN(c2ccc(-n3c(=O)[nH]c4cnc5ccc(Br)cc5c43)cc2)CC1. The van der Waals surface area contributed by atoms with Crippen molar-refractivity contribution in [2.24, 2.45) is 0 Å². The maximum absolute atomic E-state index is 12.9. The second-order valence-corrected chi connectivity index (χ2v) is 9.89. The molecule has 0 radical (unpaired) electrons. The molecule has 0 aliphatic carbocycles. The number of rotatable bonds is 4. The number of anilines is 1. The number of nitrogens with one attached hydrogen (secondary N) is 1. The molecule has 0 bridgehead atoms. The number of fused-ring (bicyclic) bond motifs is 3. The summed E-state index contributed by atoms with van der Waals surface area (Å²) in [7, 11) is 0. The highest BCUT2D eigenvalue weighted by Gasteiger charge is 2.23. The van der Waals surface area contributed by atoms with Crippen molar-refractivity contribution in [1.82, 2.24) is 19.4 Å². The third kappa shape index (κ3) is 4.58. The molecule has 1 saturated heterocycles. The maximum atomic E-state index is 12.9. The number of hydrogen-bond donors (Lipinski definition) is 1. The highest BCUT2D eigenvalue weighted by Crippen LogP contribution is 2.27. The average molecular weight is 558 g/mol. The summed E-state index contributed by atoms with van der Waals surface area (Å²) in [6.07, 6.45) is 1.41. The van der Waals surface area contributed by atoms with Crippen molar-refractivity contribution in [2.75, 3.05) is 31.1 Å². The summed E-state index contributed by atoms with van der Waals surface area (Å²) in [4.78, 5) is 36.8. The van der Waals surface area contributed by atoms with Crippen molar-refractivity contribution in [3.8, 4) is 5.69 Å². The molecular weight excluding hydrogens is 534 g/mol. The van der Waals surface area contributed by atoms with Crippen LogP contribution < -0.4 is 10.6 Å². The molecule has 1 amide bonds. The first kappa shape index (κ1) is 23.3. The van der Waals surface area contributed by atoms with Gasteiger partial charge in [0.15, 0.2) is 0 Å². The number of benzene rings is 3. The predicted octanol–water partition coefficient (Wildman–Crippen LogP) is 5.09. The average Bonchev–Trinajstić information content (AvgIpc) is 3.28. The van der Waals surface area contributed by atoms with Crippen molar-refractivity contribution < 1.29 is 9.53 Å². The number of carbonyl (C=O) groups excluding carboxylic acids is 1. The quantitative estimate of drug-likeness (QED) is 0.333. The summed E-state index contributed by atoms with van der Waals surface area (Å²) in [6.45, 7) is 2.86. The third-order valence-corrected chi connectivity index (χ3v) is 7.18. The zero-order chi connectivity index (χ0) is 25.4. The number of amides is 1. The molecule has 3 aromatic carbocycles. The molecule has 5 aromatic rings. The van der Waals surface area contributed by atoms with Crippen LogP contribution in [0.15, 0.2) is 88.3 Å². The van der Waals surface area contributed by atoms with Crippen molar-refractivity contribution in [1.29, 1.82) is 0 Å². The Balaban J connectivity index is 1.17. The van der Waals surface area contributed by atoms with Gasteiger partial charge in [-0.3, -0.25) is 9.55 Å². The molecule has 3 heterocycles. The topological polar surface area (TPSA) is 83.5 Å². The van der Waals surface area contributed by atoms with Crippen LogP contribution in [0.2, 0.25) is 0 Å². The van der Waals surface area contributed by atoms with Crippen molar-refractivity contribution in [3.05, 3.63) is 99.5 Å². The number of nitrogens with zero attached hydrogens (tertiary/aromatic N) is 4. The molecule has 186 valence electrons. The first-order valence-electron chi connectivity index (χ1n) is 12.1. The molecule has 0 spiro atoms. The van der Waals surface area contributed by atoms with Gasteiger partial charge < -0.3 is 19.5 Å². The van der Waals surface area contributed by atoms with Crippen LogP contribution in [-0.2, 0) is 11.3 Å². The lowest BCUT2D eigenvalue weighted by atomic mass is 10.2. The first-order chi connectivity index (χ1) is 18.1. The van der Waals surface area contributed by atoms with E-state index < -0.39 is 0 Å². The Hall–Kier alpha value is -4.11. The van der Waals surface area contributed by atoms with Gasteiger partial charge >= 0.3 is 11.8 Å².